The van der Waals surface area contributed by atoms with E-state index in [9.17, 15) is 4.79 Å². The van der Waals surface area contributed by atoms with Crippen LogP contribution in [-0.2, 0) is 11.2 Å². The third-order valence-corrected chi connectivity index (χ3v) is 4.90. The van der Waals surface area contributed by atoms with Crippen molar-refractivity contribution >= 4 is 5.91 Å². The SMILES string of the molecule is O=C(Cc1coc(-c2ccccc2)n1)NC1[C@@H]2CCCC[C@@H]12. The van der Waals surface area contributed by atoms with E-state index in [1.165, 1.54) is 25.7 Å². The van der Waals surface area contributed by atoms with E-state index in [0.29, 0.717) is 24.0 Å². The highest BCUT2D eigenvalue weighted by molar-refractivity contribution is 5.79. The van der Waals surface area contributed by atoms with Crippen LogP contribution in [0.25, 0.3) is 11.5 Å². The van der Waals surface area contributed by atoms with Crippen molar-refractivity contribution in [2.45, 2.75) is 38.1 Å². The molecule has 0 saturated heterocycles. The van der Waals surface area contributed by atoms with E-state index in [1.807, 2.05) is 30.3 Å². The van der Waals surface area contributed by atoms with E-state index in [-0.39, 0.29) is 5.91 Å². The number of hydrogen-bond donors (Lipinski definition) is 1. The fraction of sp³-hybridized carbons (Fsp3) is 0.444. The zero-order valence-corrected chi connectivity index (χ0v) is 12.5. The summed E-state index contributed by atoms with van der Waals surface area (Å²) in [4.78, 5) is 16.6. The fourth-order valence-corrected chi connectivity index (χ4v) is 3.71. The monoisotopic (exact) mass is 296 g/mol. The minimum absolute atomic E-state index is 0.0623. The number of carbonyl (C=O) groups is 1. The van der Waals surface area contributed by atoms with Crippen molar-refractivity contribution in [3.05, 3.63) is 42.3 Å². The predicted molar refractivity (Wildman–Crippen MR) is 83.0 cm³/mol. The minimum atomic E-state index is 0.0623. The molecule has 1 amide bonds. The van der Waals surface area contributed by atoms with Crippen LogP contribution in [-0.4, -0.2) is 16.9 Å². The van der Waals surface area contributed by atoms with Gasteiger partial charge in [0.25, 0.3) is 0 Å². The molecular formula is C18H20N2O2. The first-order valence-electron chi connectivity index (χ1n) is 8.10. The number of aromatic nitrogens is 1. The topological polar surface area (TPSA) is 55.1 Å². The molecule has 0 aliphatic heterocycles. The second kappa shape index (κ2) is 5.59. The molecule has 0 unspecified atom stereocenters. The zero-order valence-electron chi connectivity index (χ0n) is 12.5. The average Bonchev–Trinajstić information content (AvgIpc) is 3.03. The number of benzene rings is 1. The molecule has 2 atom stereocenters. The average molecular weight is 296 g/mol. The van der Waals surface area contributed by atoms with Crippen LogP contribution in [0.4, 0.5) is 0 Å². The van der Waals surface area contributed by atoms with Crippen molar-refractivity contribution in [3.63, 3.8) is 0 Å². The third kappa shape index (κ3) is 2.65. The lowest BCUT2D eigenvalue weighted by atomic mass is 10.0. The molecule has 0 spiro atoms. The van der Waals surface area contributed by atoms with Gasteiger partial charge in [-0.2, -0.15) is 0 Å². The van der Waals surface area contributed by atoms with Crippen LogP contribution in [0.1, 0.15) is 31.4 Å². The standard InChI is InChI=1S/C18H20N2O2/c21-16(20-17-14-8-4-5-9-15(14)17)10-13-11-22-18(19-13)12-6-2-1-3-7-12/h1-3,6-7,11,14-15,17H,4-5,8-10H2,(H,20,21)/t14-,15-/m1/s1. The molecule has 1 aromatic carbocycles. The summed E-state index contributed by atoms with van der Waals surface area (Å²) in [6, 6.07) is 10.2. The zero-order chi connectivity index (χ0) is 14.9. The smallest absolute Gasteiger partial charge is 0.226 e. The van der Waals surface area contributed by atoms with Crippen molar-refractivity contribution in [2.75, 3.05) is 0 Å². The summed E-state index contributed by atoms with van der Waals surface area (Å²) in [6.07, 6.45) is 7.07. The van der Waals surface area contributed by atoms with E-state index >= 15 is 0 Å². The van der Waals surface area contributed by atoms with Gasteiger partial charge in [0, 0.05) is 11.6 Å². The van der Waals surface area contributed by atoms with Crippen molar-refractivity contribution < 1.29 is 9.21 Å². The maximum atomic E-state index is 12.2. The van der Waals surface area contributed by atoms with E-state index in [1.54, 1.807) is 6.26 Å². The van der Waals surface area contributed by atoms with Crippen LogP contribution < -0.4 is 5.32 Å². The maximum absolute atomic E-state index is 12.2. The van der Waals surface area contributed by atoms with Gasteiger partial charge in [0.2, 0.25) is 11.8 Å². The van der Waals surface area contributed by atoms with Crippen LogP contribution in [0, 0.1) is 11.8 Å². The van der Waals surface area contributed by atoms with Crippen LogP contribution in [0.15, 0.2) is 41.0 Å². The minimum Gasteiger partial charge on any atom is -0.444 e. The Bertz CT molecular complexity index is 653. The number of hydrogen-bond acceptors (Lipinski definition) is 3. The van der Waals surface area contributed by atoms with Gasteiger partial charge in [0.15, 0.2) is 0 Å². The molecule has 4 nitrogen and oxygen atoms in total. The van der Waals surface area contributed by atoms with Gasteiger partial charge < -0.3 is 9.73 Å². The summed E-state index contributed by atoms with van der Waals surface area (Å²) >= 11 is 0. The molecule has 0 bridgehead atoms. The van der Waals surface area contributed by atoms with Gasteiger partial charge >= 0.3 is 0 Å². The molecule has 0 radical (unpaired) electrons. The number of rotatable bonds is 4. The highest BCUT2D eigenvalue weighted by Crippen LogP contribution is 2.49. The Balaban J connectivity index is 1.36. The number of amides is 1. The van der Waals surface area contributed by atoms with Crippen molar-refractivity contribution in [1.29, 1.82) is 0 Å². The predicted octanol–water partition coefficient (Wildman–Crippen LogP) is 3.19. The largest absolute Gasteiger partial charge is 0.444 e. The van der Waals surface area contributed by atoms with Gasteiger partial charge in [-0.1, -0.05) is 31.0 Å². The molecule has 114 valence electrons. The van der Waals surface area contributed by atoms with Gasteiger partial charge in [-0.3, -0.25) is 4.79 Å². The summed E-state index contributed by atoms with van der Waals surface area (Å²) in [5.74, 6) is 2.10. The van der Waals surface area contributed by atoms with Gasteiger partial charge in [0.05, 0.1) is 12.1 Å². The number of carbonyl (C=O) groups excluding carboxylic acids is 1. The first-order chi connectivity index (χ1) is 10.8. The van der Waals surface area contributed by atoms with E-state index in [0.717, 1.165) is 17.4 Å². The number of nitrogens with zero attached hydrogens (tertiary/aromatic N) is 1. The molecule has 1 heterocycles. The molecule has 1 aromatic heterocycles. The summed E-state index contributed by atoms with van der Waals surface area (Å²) in [7, 11) is 0. The first-order valence-corrected chi connectivity index (χ1v) is 8.10. The molecule has 22 heavy (non-hydrogen) atoms. The molecule has 2 aliphatic carbocycles. The van der Waals surface area contributed by atoms with Gasteiger partial charge in [-0.15, -0.1) is 0 Å². The highest BCUT2D eigenvalue weighted by atomic mass is 16.3. The van der Waals surface area contributed by atoms with Crippen molar-refractivity contribution in [2.24, 2.45) is 11.8 Å². The Labute approximate surface area is 129 Å². The maximum Gasteiger partial charge on any atom is 0.226 e. The first kappa shape index (κ1) is 13.6. The summed E-state index contributed by atoms with van der Waals surface area (Å²) in [5.41, 5.74) is 1.63. The Morgan fingerprint density at radius 2 is 1.91 bits per heavy atom. The van der Waals surface area contributed by atoms with Gasteiger partial charge in [-0.25, -0.2) is 4.98 Å². The molecule has 4 rings (SSSR count). The lowest BCUT2D eigenvalue weighted by Crippen LogP contribution is -2.29. The molecule has 1 N–H and O–H groups in total. The van der Waals surface area contributed by atoms with Gasteiger partial charge in [0.1, 0.15) is 6.26 Å². The molecule has 4 heteroatoms. The summed E-state index contributed by atoms with van der Waals surface area (Å²) in [5, 5.41) is 3.17. The van der Waals surface area contributed by atoms with Gasteiger partial charge in [-0.05, 0) is 36.8 Å². The van der Waals surface area contributed by atoms with E-state index in [4.69, 9.17) is 4.42 Å². The Morgan fingerprint density at radius 1 is 1.18 bits per heavy atom. The summed E-state index contributed by atoms with van der Waals surface area (Å²) < 4.78 is 5.48. The van der Waals surface area contributed by atoms with Crippen LogP contribution in [0.2, 0.25) is 0 Å². The quantitative estimate of drug-likeness (QED) is 0.942. The lowest BCUT2D eigenvalue weighted by Gasteiger charge is -2.04. The van der Waals surface area contributed by atoms with Crippen molar-refractivity contribution in [1.82, 2.24) is 10.3 Å². The molecule has 2 aromatic rings. The third-order valence-electron chi connectivity index (χ3n) is 4.90. The summed E-state index contributed by atoms with van der Waals surface area (Å²) in [6.45, 7) is 0. The van der Waals surface area contributed by atoms with E-state index in [2.05, 4.69) is 10.3 Å². The highest BCUT2D eigenvalue weighted by Gasteiger charge is 2.51. The fourth-order valence-electron chi connectivity index (χ4n) is 3.71. The lowest BCUT2D eigenvalue weighted by molar-refractivity contribution is -0.120. The number of nitrogens with one attached hydrogen (secondary N) is 1. The second-order valence-electron chi connectivity index (χ2n) is 6.39. The number of oxazole rings is 1. The van der Waals surface area contributed by atoms with Crippen molar-refractivity contribution in [3.8, 4) is 11.5 Å². The Morgan fingerprint density at radius 3 is 2.64 bits per heavy atom. The Hall–Kier alpha value is -2.10. The van der Waals surface area contributed by atoms with Crippen LogP contribution >= 0.6 is 0 Å². The second-order valence-corrected chi connectivity index (χ2v) is 6.39. The number of fused-ring (bicyclic) bond motifs is 1. The molecular weight excluding hydrogens is 276 g/mol. The molecule has 2 fully saturated rings. The van der Waals surface area contributed by atoms with Crippen LogP contribution in [0.5, 0.6) is 0 Å². The Kier molecular flexibility index (Phi) is 3.45. The van der Waals surface area contributed by atoms with E-state index < -0.39 is 0 Å². The molecule has 2 saturated carbocycles. The molecule has 2 aliphatic rings. The normalized spacial score (nSPS) is 26.3. The van der Waals surface area contributed by atoms with Crippen LogP contribution in [0.3, 0.4) is 0 Å².